The van der Waals surface area contributed by atoms with Gasteiger partial charge in [-0.15, -0.1) is 0 Å². The quantitative estimate of drug-likeness (QED) is 0.339. The lowest BCUT2D eigenvalue weighted by Gasteiger charge is -2.12. The Morgan fingerprint density at radius 1 is 0.903 bits per heavy atom. The summed E-state index contributed by atoms with van der Waals surface area (Å²) >= 11 is 6.90. The third-order valence-electron chi connectivity index (χ3n) is 4.00. The minimum atomic E-state index is -0.607. The first kappa shape index (κ1) is 22.5. The van der Waals surface area contributed by atoms with Crippen LogP contribution >= 0.6 is 31.9 Å². The number of nitro groups is 1. The van der Waals surface area contributed by atoms with Gasteiger partial charge in [-0.1, -0.05) is 28.1 Å². The van der Waals surface area contributed by atoms with Crippen LogP contribution in [0.3, 0.4) is 0 Å². The van der Waals surface area contributed by atoms with Crippen LogP contribution in [0.5, 0.6) is 11.5 Å². The Bertz CT molecular complexity index is 1140. The molecule has 3 rings (SSSR count). The minimum Gasteiger partial charge on any atom is -0.484 e. The van der Waals surface area contributed by atoms with Crippen LogP contribution in [-0.2, 0) is 9.59 Å². The number of hydrogen-bond acceptors (Lipinski definition) is 6. The lowest BCUT2D eigenvalue weighted by molar-refractivity contribution is -0.384. The molecule has 3 aromatic rings. The monoisotopic (exact) mass is 551 g/mol. The number of nitro benzene ring substituents is 1. The third-order valence-corrected chi connectivity index (χ3v) is 5.31. The smallest absolute Gasteiger partial charge is 0.276 e. The fourth-order valence-corrected chi connectivity index (χ4v) is 3.51. The van der Waals surface area contributed by atoms with Crippen LogP contribution in [0, 0.1) is 10.1 Å². The second-order valence-corrected chi connectivity index (χ2v) is 7.88. The summed E-state index contributed by atoms with van der Waals surface area (Å²) in [6, 6.07) is 14.7. The number of benzene rings is 3. The predicted octanol–water partition coefficient (Wildman–Crippen LogP) is 3.88. The fourth-order valence-electron chi connectivity index (χ4n) is 2.52. The Morgan fingerprint density at radius 3 is 2.19 bits per heavy atom. The van der Waals surface area contributed by atoms with Gasteiger partial charge in [-0.2, -0.15) is 0 Å². The summed E-state index contributed by atoms with van der Waals surface area (Å²) in [5, 5.41) is 12.5. The van der Waals surface area contributed by atoms with E-state index in [1.807, 2.05) is 24.3 Å². The third kappa shape index (κ3) is 6.15. The molecule has 9 nitrogen and oxygen atoms in total. The summed E-state index contributed by atoms with van der Waals surface area (Å²) in [6.45, 7) is -0.700. The van der Waals surface area contributed by atoms with Crippen molar-refractivity contribution in [3.05, 3.63) is 73.7 Å². The van der Waals surface area contributed by atoms with Gasteiger partial charge >= 0.3 is 0 Å². The number of carbonyl (C=O) groups is 2. The van der Waals surface area contributed by atoms with Gasteiger partial charge in [-0.25, -0.2) is 0 Å². The van der Waals surface area contributed by atoms with E-state index in [-0.39, 0.29) is 24.7 Å². The number of hydrazine groups is 1. The maximum Gasteiger partial charge on any atom is 0.276 e. The van der Waals surface area contributed by atoms with E-state index in [0.29, 0.717) is 10.2 Å². The molecule has 31 heavy (non-hydrogen) atoms. The summed E-state index contributed by atoms with van der Waals surface area (Å²) in [4.78, 5) is 33.8. The maximum atomic E-state index is 11.9. The fraction of sp³-hybridized carbons (Fsp3) is 0.100. The molecular weight excluding hydrogens is 538 g/mol. The van der Waals surface area contributed by atoms with Crippen LogP contribution in [-0.4, -0.2) is 30.0 Å². The van der Waals surface area contributed by atoms with Crippen molar-refractivity contribution < 1.29 is 24.0 Å². The molecule has 160 valence electrons. The van der Waals surface area contributed by atoms with E-state index < -0.39 is 16.7 Å². The lowest BCUT2D eigenvalue weighted by Crippen LogP contribution is -2.45. The van der Waals surface area contributed by atoms with Gasteiger partial charge in [0, 0.05) is 16.6 Å². The highest BCUT2D eigenvalue weighted by Gasteiger charge is 2.11. The van der Waals surface area contributed by atoms with Gasteiger partial charge in [0.15, 0.2) is 13.2 Å². The van der Waals surface area contributed by atoms with Gasteiger partial charge in [0.25, 0.3) is 17.5 Å². The normalized spacial score (nSPS) is 10.4. The second kappa shape index (κ2) is 10.2. The van der Waals surface area contributed by atoms with E-state index in [0.717, 1.165) is 15.2 Å². The molecule has 0 unspecified atom stereocenters. The Balaban J connectivity index is 1.44. The molecule has 0 atom stereocenters. The first-order valence-corrected chi connectivity index (χ1v) is 10.4. The zero-order valence-corrected chi connectivity index (χ0v) is 18.9. The van der Waals surface area contributed by atoms with Gasteiger partial charge in [0.2, 0.25) is 0 Å². The van der Waals surface area contributed by atoms with Crippen molar-refractivity contribution in [3.63, 3.8) is 0 Å². The zero-order valence-electron chi connectivity index (χ0n) is 15.8. The van der Waals surface area contributed by atoms with E-state index in [4.69, 9.17) is 9.47 Å². The van der Waals surface area contributed by atoms with Crippen LogP contribution in [0.25, 0.3) is 10.8 Å². The van der Waals surface area contributed by atoms with Gasteiger partial charge in [-0.05, 0) is 57.0 Å². The highest BCUT2D eigenvalue weighted by molar-refractivity contribution is 9.11. The van der Waals surface area contributed by atoms with Gasteiger partial charge in [0.1, 0.15) is 11.5 Å². The van der Waals surface area contributed by atoms with Gasteiger partial charge in [-0.3, -0.25) is 30.6 Å². The van der Waals surface area contributed by atoms with Crippen molar-refractivity contribution in [2.45, 2.75) is 0 Å². The van der Waals surface area contributed by atoms with E-state index in [2.05, 4.69) is 42.7 Å². The number of amides is 2. The van der Waals surface area contributed by atoms with E-state index in [1.54, 1.807) is 6.07 Å². The molecule has 0 aliphatic carbocycles. The minimum absolute atomic E-state index is 0.0880. The van der Waals surface area contributed by atoms with E-state index in [9.17, 15) is 19.7 Å². The SMILES string of the molecule is O=C(COc1ccc([N+](=O)[O-])cc1)NNC(=O)COc1ccc2cc(Br)ccc2c1Br. The molecule has 0 aromatic heterocycles. The molecule has 2 N–H and O–H groups in total. The molecule has 0 fully saturated rings. The van der Waals surface area contributed by atoms with Crippen molar-refractivity contribution in [1.29, 1.82) is 0 Å². The Hall–Kier alpha value is -3.18. The van der Waals surface area contributed by atoms with Crippen LogP contribution in [0.15, 0.2) is 63.5 Å². The molecule has 0 bridgehead atoms. The predicted molar refractivity (Wildman–Crippen MR) is 120 cm³/mol. The number of nitrogens with zero attached hydrogens (tertiary/aromatic N) is 1. The number of ether oxygens (including phenoxy) is 2. The van der Waals surface area contributed by atoms with Crippen LogP contribution in [0.4, 0.5) is 5.69 Å². The van der Waals surface area contributed by atoms with E-state index >= 15 is 0 Å². The molecule has 0 radical (unpaired) electrons. The Kier molecular flexibility index (Phi) is 7.42. The number of non-ortho nitro benzene ring substituents is 1. The number of hydrogen-bond donors (Lipinski definition) is 2. The van der Waals surface area contributed by atoms with Crippen molar-refractivity contribution in [3.8, 4) is 11.5 Å². The Labute approximate surface area is 193 Å². The van der Waals surface area contributed by atoms with Crippen molar-refractivity contribution in [1.82, 2.24) is 10.9 Å². The average Bonchev–Trinajstić information content (AvgIpc) is 2.76. The van der Waals surface area contributed by atoms with Gasteiger partial charge in [0.05, 0.1) is 9.40 Å². The first-order chi connectivity index (χ1) is 14.8. The van der Waals surface area contributed by atoms with Crippen molar-refractivity contribution in [2.24, 2.45) is 0 Å². The van der Waals surface area contributed by atoms with Gasteiger partial charge < -0.3 is 9.47 Å². The maximum absolute atomic E-state index is 11.9. The number of carbonyl (C=O) groups excluding carboxylic acids is 2. The molecule has 11 heteroatoms. The topological polar surface area (TPSA) is 120 Å². The van der Waals surface area contributed by atoms with Crippen LogP contribution in [0.2, 0.25) is 0 Å². The lowest BCUT2D eigenvalue weighted by atomic mass is 10.1. The molecule has 0 saturated heterocycles. The van der Waals surface area contributed by atoms with E-state index in [1.165, 1.54) is 24.3 Å². The van der Waals surface area contributed by atoms with Crippen LogP contribution in [0.1, 0.15) is 0 Å². The highest BCUT2D eigenvalue weighted by Crippen LogP contribution is 2.34. The number of halogens is 2. The van der Waals surface area contributed by atoms with Crippen molar-refractivity contribution >= 4 is 60.1 Å². The summed E-state index contributed by atoms with van der Waals surface area (Å²) < 4.78 is 12.4. The van der Waals surface area contributed by atoms with Crippen LogP contribution < -0.4 is 20.3 Å². The highest BCUT2D eigenvalue weighted by atomic mass is 79.9. The zero-order chi connectivity index (χ0) is 22.4. The first-order valence-electron chi connectivity index (χ1n) is 8.79. The molecule has 3 aromatic carbocycles. The molecular formula is C20H15Br2N3O6. The summed E-state index contributed by atoms with van der Waals surface area (Å²) in [7, 11) is 0. The standard InChI is InChI=1S/C20H15Br2N3O6/c21-13-2-7-16-12(9-13)1-8-17(20(16)22)31-11-19(27)24-23-18(26)10-30-15-5-3-14(4-6-15)25(28)29/h1-9H,10-11H2,(H,23,26)(H,24,27). The molecule has 0 saturated carbocycles. The molecule has 2 amide bonds. The molecule has 0 heterocycles. The average molecular weight is 553 g/mol. The van der Waals surface area contributed by atoms with Crippen molar-refractivity contribution in [2.75, 3.05) is 13.2 Å². The summed E-state index contributed by atoms with van der Waals surface area (Å²) in [5.41, 5.74) is 4.34. The Morgan fingerprint density at radius 2 is 1.55 bits per heavy atom. The largest absolute Gasteiger partial charge is 0.484 e. The molecule has 0 aliphatic rings. The summed E-state index contributed by atoms with van der Waals surface area (Å²) in [5.74, 6) is -0.406. The number of nitrogens with one attached hydrogen (secondary N) is 2. The number of rotatable bonds is 7. The second-order valence-electron chi connectivity index (χ2n) is 6.17. The number of fused-ring (bicyclic) bond motifs is 1. The molecule has 0 spiro atoms. The molecule has 0 aliphatic heterocycles. The summed E-state index contributed by atoms with van der Waals surface area (Å²) in [6.07, 6.45) is 0.